The normalized spacial score (nSPS) is 14.1. The fraction of sp³-hybridized carbons (Fsp3) is 0.538. The van der Waals surface area contributed by atoms with E-state index in [0.29, 0.717) is 0 Å². The van der Waals surface area contributed by atoms with Crippen molar-refractivity contribution in [3.05, 3.63) is 35.4 Å². The van der Waals surface area contributed by atoms with E-state index >= 15 is 0 Å². The van der Waals surface area contributed by atoms with Gasteiger partial charge in [0.1, 0.15) is 0 Å². The lowest BCUT2D eigenvalue weighted by molar-refractivity contribution is -0.137. The van der Waals surface area contributed by atoms with Gasteiger partial charge >= 0.3 is 6.18 Å². The second-order valence-electron chi connectivity index (χ2n) is 4.58. The maximum Gasteiger partial charge on any atom is 0.416 e. The number of halogens is 3. The fourth-order valence-electron chi connectivity index (χ4n) is 1.65. The molecule has 1 rings (SSSR count). The molecule has 1 aromatic rings. The number of alkyl halides is 3. The number of sulfone groups is 1. The molecule has 0 radical (unpaired) electrons. The van der Waals surface area contributed by atoms with Crippen molar-refractivity contribution in [3.63, 3.8) is 0 Å². The maximum atomic E-state index is 12.5. The Morgan fingerprint density at radius 2 is 2.00 bits per heavy atom. The van der Waals surface area contributed by atoms with Crippen LogP contribution in [-0.4, -0.2) is 38.1 Å². The molecule has 0 aromatic heterocycles. The van der Waals surface area contributed by atoms with Gasteiger partial charge < -0.3 is 10.4 Å². The predicted molar refractivity (Wildman–Crippen MR) is 73.6 cm³/mol. The van der Waals surface area contributed by atoms with Crippen molar-refractivity contribution in [1.29, 1.82) is 0 Å². The first-order valence-electron chi connectivity index (χ1n) is 6.42. The van der Waals surface area contributed by atoms with Crippen molar-refractivity contribution >= 4 is 9.84 Å². The van der Waals surface area contributed by atoms with Gasteiger partial charge in [-0.25, -0.2) is 8.42 Å². The van der Waals surface area contributed by atoms with Crippen molar-refractivity contribution in [2.45, 2.75) is 19.2 Å². The van der Waals surface area contributed by atoms with Gasteiger partial charge in [-0.2, -0.15) is 13.2 Å². The maximum absolute atomic E-state index is 12.5. The predicted octanol–water partition coefficient (Wildman–Crippen LogP) is 1.76. The molecule has 0 aliphatic heterocycles. The number of aliphatic hydroxyl groups is 1. The lowest BCUT2D eigenvalue weighted by atomic mass is 10.1. The summed E-state index contributed by atoms with van der Waals surface area (Å²) >= 11 is 0. The molecule has 0 heterocycles. The summed E-state index contributed by atoms with van der Waals surface area (Å²) in [4.78, 5) is 0. The molecule has 0 amide bonds. The fourth-order valence-corrected chi connectivity index (χ4v) is 2.39. The molecule has 0 aliphatic carbocycles. The van der Waals surface area contributed by atoms with E-state index in [4.69, 9.17) is 0 Å². The van der Waals surface area contributed by atoms with E-state index in [0.717, 1.165) is 12.1 Å². The molecule has 1 aromatic carbocycles. The van der Waals surface area contributed by atoms with E-state index in [9.17, 15) is 26.7 Å². The minimum atomic E-state index is -4.46. The summed E-state index contributed by atoms with van der Waals surface area (Å²) in [6.07, 6.45) is -5.59. The third-order valence-corrected chi connectivity index (χ3v) is 4.67. The van der Waals surface area contributed by atoms with Crippen LogP contribution in [0.2, 0.25) is 0 Å². The Hall–Kier alpha value is -1.12. The smallest absolute Gasteiger partial charge is 0.387 e. The Morgan fingerprint density at radius 1 is 1.33 bits per heavy atom. The standard InChI is InChI=1S/C13H18F3NO3S/c1-2-21(19,20)7-6-17-9-12(18)10-4-3-5-11(8-10)13(14,15)16/h3-5,8,12,17-18H,2,6-7,9H2,1H3. The number of benzene rings is 1. The Kier molecular flexibility index (Phi) is 6.18. The van der Waals surface area contributed by atoms with Crippen LogP contribution >= 0.6 is 0 Å². The molecule has 2 N–H and O–H groups in total. The minimum absolute atomic E-state index is 0.0133. The molecule has 21 heavy (non-hydrogen) atoms. The van der Waals surface area contributed by atoms with Crippen molar-refractivity contribution in [2.75, 3.05) is 24.6 Å². The van der Waals surface area contributed by atoms with E-state index in [1.807, 2.05) is 0 Å². The van der Waals surface area contributed by atoms with Crippen LogP contribution < -0.4 is 5.32 Å². The summed E-state index contributed by atoms with van der Waals surface area (Å²) in [7, 11) is -3.10. The van der Waals surface area contributed by atoms with Gasteiger partial charge in [0.15, 0.2) is 9.84 Å². The van der Waals surface area contributed by atoms with Crippen LogP contribution in [0.5, 0.6) is 0 Å². The Labute approximate surface area is 121 Å². The summed E-state index contributed by atoms with van der Waals surface area (Å²) < 4.78 is 60.1. The molecule has 1 unspecified atom stereocenters. The average molecular weight is 325 g/mol. The number of nitrogens with one attached hydrogen (secondary N) is 1. The molecular formula is C13H18F3NO3S. The van der Waals surface area contributed by atoms with Crippen molar-refractivity contribution < 1.29 is 26.7 Å². The zero-order valence-electron chi connectivity index (χ0n) is 11.5. The minimum Gasteiger partial charge on any atom is -0.387 e. The number of rotatable bonds is 7. The molecule has 0 spiro atoms. The number of aliphatic hydroxyl groups excluding tert-OH is 1. The second-order valence-corrected chi connectivity index (χ2v) is 7.05. The molecule has 0 saturated carbocycles. The van der Waals surface area contributed by atoms with Crippen LogP contribution in [0, 0.1) is 0 Å². The molecular weight excluding hydrogens is 307 g/mol. The highest BCUT2D eigenvalue weighted by Gasteiger charge is 2.30. The van der Waals surface area contributed by atoms with Crippen molar-refractivity contribution in [3.8, 4) is 0 Å². The van der Waals surface area contributed by atoms with E-state index in [1.54, 1.807) is 0 Å². The van der Waals surface area contributed by atoms with E-state index in [-0.39, 0.29) is 30.2 Å². The van der Waals surface area contributed by atoms with E-state index in [2.05, 4.69) is 5.32 Å². The van der Waals surface area contributed by atoms with Crippen molar-refractivity contribution in [1.82, 2.24) is 5.32 Å². The zero-order chi connectivity index (χ0) is 16.1. The van der Waals surface area contributed by atoms with Gasteiger partial charge in [-0.05, 0) is 17.7 Å². The van der Waals surface area contributed by atoms with Crippen LogP contribution in [0.25, 0.3) is 0 Å². The highest BCUT2D eigenvalue weighted by Crippen LogP contribution is 2.30. The first kappa shape index (κ1) is 17.9. The number of hydrogen-bond acceptors (Lipinski definition) is 4. The monoisotopic (exact) mass is 325 g/mol. The van der Waals surface area contributed by atoms with Crippen molar-refractivity contribution in [2.24, 2.45) is 0 Å². The van der Waals surface area contributed by atoms with Crippen LogP contribution in [-0.2, 0) is 16.0 Å². The third-order valence-electron chi connectivity index (χ3n) is 2.97. The van der Waals surface area contributed by atoms with Gasteiger partial charge in [-0.15, -0.1) is 0 Å². The first-order chi connectivity index (χ1) is 9.65. The van der Waals surface area contributed by atoms with Gasteiger partial charge in [-0.1, -0.05) is 19.1 Å². The first-order valence-corrected chi connectivity index (χ1v) is 8.24. The molecule has 0 fully saturated rings. The van der Waals surface area contributed by atoms with E-state index in [1.165, 1.54) is 19.1 Å². The summed E-state index contributed by atoms with van der Waals surface area (Å²) in [5, 5.41) is 12.5. The topological polar surface area (TPSA) is 66.4 Å². The zero-order valence-corrected chi connectivity index (χ0v) is 12.3. The van der Waals surface area contributed by atoms with Crippen LogP contribution in [0.1, 0.15) is 24.2 Å². The van der Waals surface area contributed by atoms with Gasteiger partial charge in [0.2, 0.25) is 0 Å². The molecule has 0 bridgehead atoms. The highest BCUT2D eigenvalue weighted by atomic mass is 32.2. The highest BCUT2D eigenvalue weighted by molar-refractivity contribution is 7.91. The molecule has 4 nitrogen and oxygen atoms in total. The molecule has 120 valence electrons. The lowest BCUT2D eigenvalue weighted by Gasteiger charge is -2.14. The van der Waals surface area contributed by atoms with Gasteiger partial charge in [-0.3, -0.25) is 0 Å². The largest absolute Gasteiger partial charge is 0.416 e. The van der Waals surface area contributed by atoms with Crippen LogP contribution in [0.4, 0.5) is 13.2 Å². The molecule has 0 saturated heterocycles. The lowest BCUT2D eigenvalue weighted by Crippen LogP contribution is -2.28. The van der Waals surface area contributed by atoms with Gasteiger partial charge in [0.05, 0.1) is 17.4 Å². The third kappa shape index (κ3) is 6.03. The summed E-state index contributed by atoms with van der Waals surface area (Å²) in [6, 6.07) is 4.43. The van der Waals surface area contributed by atoms with Crippen LogP contribution in [0.15, 0.2) is 24.3 Å². The quantitative estimate of drug-likeness (QED) is 0.750. The SMILES string of the molecule is CCS(=O)(=O)CCNCC(O)c1cccc(C(F)(F)F)c1. The summed E-state index contributed by atoms with van der Waals surface area (Å²) in [5.74, 6) is -0.0380. The second kappa shape index (κ2) is 7.24. The van der Waals surface area contributed by atoms with Crippen LogP contribution in [0.3, 0.4) is 0 Å². The van der Waals surface area contributed by atoms with E-state index < -0.39 is 27.7 Å². The molecule has 8 heteroatoms. The summed E-state index contributed by atoms with van der Waals surface area (Å²) in [6.45, 7) is 1.67. The van der Waals surface area contributed by atoms with Gasteiger partial charge in [0.25, 0.3) is 0 Å². The van der Waals surface area contributed by atoms with Gasteiger partial charge in [0, 0.05) is 18.8 Å². The average Bonchev–Trinajstić information content (AvgIpc) is 2.42. The number of hydrogen-bond donors (Lipinski definition) is 2. The molecule has 1 atom stereocenters. The summed E-state index contributed by atoms with van der Waals surface area (Å²) in [5.41, 5.74) is -0.691. The Morgan fingerprint density at radius 3 is 2.57 bits per heavy atom. The Bertz CT molecular complexity index is 558. The molecule has 0 aliphatic rings. The Balaban J connectivity index is 2.55.